The zero-order valence-electron chi connectivity index (χ0n) is 47.5. The molecule has 3 N–H and O–H groups in total. The molecule has 0 aromatic rings. The van der Waals surface area contributed by atoms with Gasteiger partial charge in [-0.3, -0.25) is 9.59 Å². The third-order valence-electron chi connectivity index (χ3n) is 14.3. The predicted molar refractivity (Wildman–Crippen MR) is 310 cm³/mol. The topological polar surface area (TPSA) is 95.9 Å². The molecule has 6 heteroatoms. The van der Waals surface area contributed by atoms with Gasteiger partial charge in [-0.1, -0.05) is 274 Å². The molecule has 6 nitrogen and oxygen atoms in total. The Hall–Kier alpha value is -2.18. The summed E-state index contributed by atoms with van der Waals surface area (Å²) in [4.78, 5) is 24.5. The molecule has 0 saturated heterocycles. The highest BCUT2D eigenvalue weighted by molar-refractivity contribution is 5.76. The fraction of sp³-hybridized carbons (Fsp3) is 0.846. The average molecular weight is 997 g/mol. The van der Waals surface area contributed by atoms with Gasteiger partial charge in [-0.25, -0.2) is 0 Å². The first kappa shape index (κ1) is 68.8. The fourth-order valence-electron chi connectivity index (χ4n) is 9.48. The second-order valence-corrected chi connectivity index (χ2v) is 21.4. The molecule has 0 radical (unpaired) electrons. The van der Waals surface area contributed by atoms with Crippen LogP contribution < -0.4 is 5.32 Å². The maximum Gasteiger partial charge on any atom is 0.305 e. The summed E-state index contributed by atoms with van der Waals surface area (Å²) in [6.45, 7) is 4.88. The number of allylic oxidation sites excluding steroid dienone is 7. The Morgan fingerprint density at radius 2 is 0.704 bits per heavy atom. The van der Waals surface area contributed by atoms with E-state index in [1.165, 1.54) is 250 Å². The van der Waals surface area contributed by atoms with E-state index in [4.69, 9.17) is 4.74 Å². The van der Waals surface area contributed by atoms with Crippen molar-refractivity contribution in [3.8, 4) is 0 Å². The average Bonchev–Trinajstić information content (AvgIpc) is 3.37. The van der Waals surface area contributed by atoms with Gasteiger partial charge >= 0.3 is 5.97 Å². The maximum atomic E-state index is 12.4. The Labute approximate surface area is 442 Å². The minimum atomic E-state index is -0.845. The van der Waals surface area contributed by atoms with Crippen molar-refractivity contribution in [2.24, 2.45) is 0 Å². The Bertz CT molecular complexity index is 1190. The van der Waals surface area contributed by atoms with Crippen molar-refractivity contribution in [3.05, 3.63) is 48.6 Å². The molecular weight excluding hydrogens is 875 g/mol. The number of rotatable bonds is 58. The van der Waals surface area contributed by atoms with Gasteiger partial charge in [0.25, 0.3) is 0 Å². The highest BCUT2D eigenvalue weighted by atomic mass is 16.5. The molecule has 2 atom stereocenters. The first-order chi connectivity index (χ1) is 35.0. The lowest BCUT2D eigenvalue weighted by molar-refractivity contribution is -0.143. The molecule has 416 valence electrons. The minimum Gasteiger partial charge on any atom is -0.466 e. The monoisotopic (exact) mass is 996 g/mol. The second kappa shape index (κ2) is 60.4. The number of carbonyl (C=O) groups is 2. The molecule has 0 rings (SSSR count). The lowest BCUT2D eigenvalue weighted by atomic mass is 10.0. The molecule has 0 aromatic heterocycles. The van der Waals surface area contributed by atoms with Crippen LogP contribution in [0.1, 0.15) is 328 Å². The van der Waals surface area contributed by atoms with E-state index in [1.54, 1.807) is 6.08 Å². The number of unbranched alkanes of at least 4 members (excludes halogenated alkanes) is 41. The van der Waals surface area contributed by atoms with Gasteiger partial charge in [0.15, 0.2) is 0 Å². The molecule has 2 unspecified atom stereocenters. The van der Waals surface area contributed by atoms with E-state index in [-0.39, 0.29) is 18.5 Å². The lowest BCUT2D eigenvalue weighted by Gasteiger charge is -2.20. The van der Waals surface area contributed by atoms with Crippen LogP contribution in [0.2, 0.25) is 0 Å². The van der Waals surface area contributed by atoms with Crippen molar-refractivity contribution in [1.82, 2.24) is 5.32 Å². The molecule has 0 aliphatic rings. The van der Waals surface area contributed by atoms with Gasteiger partial charge in [0.1, 0.15) is 0 Å². The Morgan fingerprint density at radius 1 is 0.394 bits per heavy atom. The van der Waals surface area contributed by atoms with Gasteiger partial charge in [-0.2, -0.15) is 0 Å². The smallest absolute Gasteiger partial charge is 0.305 e. The molecule has 0 bridgehead atoms. The molecule has 0 saturated carbocycles. The first-order valence-corrected chi connectivity index (χ1v) is 31.4. The van der Waals surface area contributed by atoms with Crippen LogP contribution in [0.3, 0.4) is 0 Å². The molecular formula is C65H121NO5. The van der Waals surface area contributed by atoms with Crippen molar-refractivity contribution in [2.75, 3.05) is 13.2 Å². The van der Waals surface area contributed by atoms with E-state index >= 15 is 0 Å². The van der Waals surface area contributed by atoms with Crippen LogP contribution in [-0.2, 0) is 14.3 Å². The Balaban J connectivity index is 3.40. The molecule has 0 aromatic carbocycles. The molecule has 0 aliphatic heterocycles. The number of amides is 1. The fourth-order valence-corrected chi connectivity index (χ4v) is 9.48. The van der Waals surface area contributed by atoms with Crippen molar-refractivity contribution < 1.29 is 24.5 Å². The second-order valence-electron chi connectivity index (χ2n) is 21.4. The van der Waals surface area contributed by atoms with Crippen molar-refractivity contribution in [2.45, 2.75) is 341 Å². The van der Waals surface area contributed by atoms with E-state index in [1.807, 2.05) is 6.08 Å². The standard InChI is InChI=1S/C65H121NO5/c1-3-5-7-9-11-13-15-17-18-32-35-39-43-47-51-55-59-65(70)71-60-56-52-48-44-40-36-33-30-28-26-24-22-20-19-21-23-25-27-29-31-34-38-42-46-50-54-58-64(69)66-62(61-67)63(68)57-53-49-45-41-37-16-14-12-10-8-6-4-2/h13,15,18-19,21,32,53,57,62-63,67-68H,3-12,14,16-17,20,22-31,33-52,54-56,58-61H2,1-2H3,(H,66,69)/b15-13-,21-19-,32-18-,57-53+. The van der Waals surface area contributed by atoms with E-state index in [0.717, 1.165) is 51.4 Å². The number of hydrogen-bond acceptors (Lipinski definition) is 5. The van der Waals surface area contributed by atoms with Crippen molar-refractivity contribution >= 4 is 11.9 Å². The maximum absolute atomic E-state index is 12.4. The largest absolute Gasteiger partial charge is 0.466 e. The quantitative estimate of drug-likeness (QED) is 0.0321. The highest BCUT2D eigenvalue weighted by Crippen LogP contribution is 2.16. The predicted octanol–water partition coefficient (Wildman–Crippen LogP) is 19.7. The van der Waals surface area contributed by atoms with E-state index in [2.05, 4.69) is 55.6 Å². The first-order valence-electron chi connectivity index (χ1n) is 31.4. The van der Waals surface area contributed by atoms with Crippen LogP contribution in [0.25, 0.3) is 0 Å². The molecule has 0 heterocycles. The normalized spacial score (nSPS) is 12.9. The van der Waals surface area contributed by atoms with Gasteiger partial charge in [-0.15, -0.1) is 0 Å². The van der Waals surface area contributed by atoms with E-state index in [9.17, 15) is 19.8 Å². The van der Waals surface area contributed by atoms with Crippen LogP contribution >= 0.6 is 0 Å². The SMILES string of the molecule is CCCCCC/C=C\C/C=C\CCCCCCCC(=O)OCCCCCCCCCCCCCC/C=C\CCCCCCCCCCCCC(=O)NC(CO)C(O)/C=C/CCCCCCCCCCCC. The Kier molecular flexibility index (Phi) is 58.5. The summed E-state index contributed by atoms with van der Waals surface area (Å²) in [5.41, 5.74) is 0. The van der Waals surface area contributed by atoms with Crippen LogP contribution in [0.4, 0.5) is 0 Å². The third kappa shape index (κ3) is 57.0. The zero-order chi connectivity index (χ0) is 51.4. The van der Waals surface area contributed by atoms with Crippen LogP contribution in [0.5, 0.6) is 0 Å². The Morgan fingerprint density at radius 3 is 1.10 bits per heavy atom. The summed E-state index contributed by atoms with van der Waals surface area (Å²) >= 11 is 0. The highest BCUT2D eigenvalue weighted by Gasteiger charge is 2.18. The summed E-state index contributed by atoms with van der Waals surface area (Å²) in [5.74, 6) is -0.0705. The molecule has 0 aliphatic carbocycles. The van der Waals surface area contributed by atoms with Gasteiger partial charge in [0.2, 0.25) is 5.91 Å². The number of aliphatic hydroxyl groups is 2. The lowest BCUT2D eigenvalue weighted by Crippen LogP contribution is -2.45. The number of esters is 1. The molecule has 0 fully saturated rings. The molecule has 1 amide bonds. The van der Waals surface area contributed by atoms with E-state index < -0.39 is 12.1 Å². The molecule has 0 spiro atoms. The minimum absolute atomic E-state index is 0.0000652. The summed E-state index contributed by atoms with van der Waals surface area (Å²) < 4.78 is 5.48. The van der Waals surface area contributed by atoms with Crippen LogP contribution in [0.15, 0.2) is 48.6 Å². The van der Waals surface area contributed by atoms with E-state index in [0.29, 0.717) is 19.4 Å². The van der Waals surface area contributed by atoms with Gasteiger partial charge in [0.05, 0.1) is 25.4 Å². The van der Waals surface area contributed by atoms with Gasteiger partial charge < -0.3 is 20.3 Å². The van der Waals surface area contributed by atoms with Gasteiger partial charge in [0, 0.05) is 12.8 Å². The number of hydrogen-bond donors (Lipinski definition) is 3. The number of ether oxygens (including phenoxy) is 1. The van der Waals surface area contributed by atoms with Crippen LogP contribution in [-0.4, -0.2) is 47.4 Å². The van der Waals surface area contributed by atoms with Crippen molar-refractivity contribution in [1.29, 1.82) is 0 Å². The van der Waals surface area contributed by atoms with Crippen molar-refractivity contribution in [3.63, 3.8) is 0 Å². The summed E-state index contributed by atoms with van der Waals surface area (Å²) in [6.07, 6.45) is 77.3. The van der Waals surface area contributed by atoms with Gasteiger partial charge in [-0.05, 0) is 89.9 Å². The zero-order valence-corrected chi connectivity index (χ0v) is 47.5. The number of carbonyl (C=O) groups excluding carboxylic acids is 2. The summed E-state index contributed by atoms with van der Waals surface area (Å²) in [6, 6.07) is -0.629. The number of aliphatic hydroxyl groups excluding tert-OH is 2. The third-order valence-corrected chi connectivity index (χ3v) is 14.3. The molecule has 71 heavy (non-hydrogen) atoms. The summed E-state index contributed by atoms with van der Waals surface area (Å²) in [7, 11) is 0. The number of nitrogens with one attached hydrogen (secondary N) is 1. The van der Waals surface area contributed by atoms with Crippen LogP contribution in [0, 0.1) is 0 Å². The summed E-state index contributed by atoms with van der Waals surface area (Å²) in [5, 5.41) is 23.1.